The molecule has 0 aliphatic heterocycles. The molecule has 0 atom stereocenters. The van der Waals surface area contributed by atoms with Crippen molar-refractivity contribution < 1.29 is 27.4 Å². The number of carbonyl (C=O) groups is 1. The molecule has 2 rings (SSSR count). The Bertz CT molecular complexity index is 721. The van der Waals surface area contributed by atoms with Crippen LogP contribution in [-0.2, 0) is 4.74 Å². The van der Waals surface area contributed by atoms with Crippen LogP contribution in [0.4, 0.5) is 13.2 Å². The molecule has 0 aliphatic carbocycles. The largest absolute Gasteiger partial charge is 0.462 e. The molecule has 0 N–H and O–H groups in total. The third-order valence-corrected chi connectivity index (χ3v) is 2.97. The van der Waals surface area contributed by atoms with E-state index in [0.717, 1.165) is 0 Å². The van der Waals surface area contributed by atoms with Crippen LogP contribution in [0.25, 0.3) is 0 Å². The van der Waals surface area contributed by atoms with Crippen LogP contribution in [0.5, 0.6) is 11.8 Å². The molecule has 1 aromatic heterocycles. The van der Waals surface area contributed by atoms with Crippen LogP contribution in [0, 0.1) is 6.92 Å². The summed E-state index contributed by atoms with van der Waals surface area (Å²) in [6.07, 6.45) is -3.01. The third-order valence-electron chi connectivity index (χ3n) is 2.77. The minimum Gasteiger partial charge on any atom is -0.462 e. The van der Waals surface area contributed by atoms with Crippen LogP contribution in [0.3, 0.4) is 0 Å². The topological polar surface area (TPSA) is 61.3 Å². The van der Waals surface area contributed by atoms with E-state index >= 15 is 0 Å². The van der Waals surface area contributed by atoms with Crippen LogP contribution in [-0.4, -0.2) is 28.7 Å². The molecule has 2 aromatic rings. The predicted molar refractivity (Wildman–Crippen MR) is 79.2 cm³/mol. The van der Waals surface area contributed by atoms with Gasteiger partial charge in [0.15, 0.2) is 0 Å². The third kappa shape index (κ3) is 5.38. The number of aryl methyl sites for hydroxylation is 1. The summed E-state index contributed by atoms with van der Waals surface area (Å²) in [5.74, 6) is -0.855. The molecule has 0 bridgehead atoms. The minimum atomic E-state index is -4.40. The van der Waals surface area contributed by atoms with E-state index < -0.39 is 25.2 Å². The molecule has 0 spiro atoms. The fourth-order valence-electron chi connectivity index (χ4n) is 1.68. The molecule has 9 heteroatoms. The number of hydrogen-bond donors (Lipinski definition) is 0. The Kier molecular flexibility index (Phi) is 5.61. The van der Waals surface area contributed by atoms with E-state index in [1.54, 1.807) is 13.0 Å². The maximum atomic E-state index is 12.1. The van der Waals surface area contributed by atoms with E-state index in [0.29, 0.717) is 10.6 Å². The second-order valence-electron chi connectivity index (χ2n) is 4.79. The highest BCUT2D eigenvalue weighted by Gasteiger charge is 2.27. The van der Waals surface area contributed by atoms with Crippen molar-refractivity contribution in [3.63, 3.8) is 0 Å². The molecule has 128 valence electrons. The molecule has 1 heterocycles. The summed E-state index contributed by atoms with van der Waals surface area (Å²) in [5, 5.41) is 0.304. The Balaban J connectivity index is 2.14. The van der Waals surface area contributed by atoms with E-state index in [1.165, 1.54) is 24.5 Å². The van der Waals surface area contributed by atoms with Gasteiger partial charge in [-0.25, -0.2) is 14.8 Å². The normalized spacial score (nSPS) is 11.2. The Hall–Kier alpha value is -2.35. The quantitative estimate of drug-likeness (QED) is 0.742. The van der Waals surface area contributed by atoms with Crippen molar-refractivity contribution in [2.75, 3.05) is 6.61 Å². The lowest BCUT2D eigenvalue weighted by molar-refractivity contribution is -0.141. The van der Waals surface area contributed by atoms with Gasteiger partial charge in [-0.15, -0.1) is 0 Å². The Morgan fingerprint density at radius 2 is 1.92 bits per heavy atom. The Labute approximate surface area is 140 Å². The summed E-state index contributed by atoms with van der Waals surface area (Å²) in [5.41, 5.74) is 0.692. The zero-order chi connectivity index (χ0) is 17.7. The molecule has 0 radical (unpaired) electrons. The van der Waals surface area contributed by atoms with Gasteiger partial charge in [0.1, 0.15) is 17.9 Å². The van der Waals surface area contributed by atoms with Gasteiger partial charge in [-0.3, -0.25) is 0 Å². The number of esters is 1. The van der Waals surface area contributed by atoms with Gasteiger partial charge in [-0.2, -0.15) is 13.2 Å². The highest BCUT2D eigenvalue weighted by atomic mass is 35.5. The molecule has 0 fully saturated rings. The Morgan fingerprint density at radius 3 is 2.54 bits per heavy atom. The highest BCUT2D eigenvalue weighted by Crippen LogP contribution is 2.26. The average molecular weight is 361 g/mol. The molecule has 0 amide bonds. The van der Waals surface area contributed by atoms with Gasteiger partial charge >= 0.3 is 18.2 Å². The van der Waals surface area contributed by atoms with Crippen LogP contribution < -0.4 is 4.74 Å². The van der Waals surface area contributed by atoms with Crippen molar-refractivity contribution in [2.45, 2.75) is 19.5 Å². The van der Waals surface area contributed by atoms with Crippen LogP contribution in [0.1, 0.15) is 22.3 Å². The van der Waals surface area contributed by atoms with E-state index in [9.17, 15) is 18.0 Å². The smallest absolute Gasteiger partial charge is 0.392 e. The van der Waals surface area contributed by atoms with Crippen molar-refractivity contribution in [2.24, 2.45) is 0 Å². The van der Waals surface area contributed by atoms with Gasteiger partial charge in [0.2, 0.25) is 0 Å². The second kappa shape index (κ2) is 7.48. The molecule has 0 saturated heterocycles. The van der Waals surface area contributed by atoms with Crippen molar-refractivity contribution in [1.29, 1.82) is 0 Å². The number of carbonyl (C=O) groups excluding carboxylic acids is 1. The zero-order valence-electron chi connectivity index (χ0n) is 12.4. The lowest BCUT2D eigenvalue weighted by Gasteiger charge is -2.11. The summed E-state index contributed by atoms with van der Waals surface area (Å²) in [6.45, 7) is 0.947. The number of nitrogens with zero attached hydrogens (tertiary/aromatic N) is 2. The van der Waals surface area contributed by atoms with Crippen LogP contribution in [0.2, 0.25) is 5.02 Å². The molecule has 1 aromatic carbocycles. The fourth-order valence-corrected chi connectivity index (χ4v) is 1.78. The number of aromatic nitrogens is 2. The number of benzene rings is 1. The first-order chi connectivity index (χ1) is 11.2. The van der Waals surface area contributed by atoms with Crippen molar-refractivity contribution >= 4 is 17.6 Å². The van der Waals surface area contributed by atoms with E-state index in [1.807, 2.05) is 0 Å². The van der Waals surface area contributed by atoms with Gasteiger partial charge in [0.25, 0.3) is 0 Å². The lowest BCUT2D eigenvalue weighted by Crippen LogP contribution is -2.15. The number of ether oxygens (including phenoxy) is 2. The summed E-state index contributed by atoms with van der Waals surface area (Å²) in [4.78, 5) is 19.7. The first-order valence-corrected chi connectivity index (χ1v) is 7.12. The van der Waals surface area contributed by atoms with Crippen molar-refractivity contribution in [3.05, 3.63) is 46.7 Å². The van der Waals surface area contributed by atoms with Crippen LogP contribution >= 0.6 is 11.6 Å². The maximum absolute atomic E-state index is 12.1. The molecule has 0 unspecified atom stereocenters. The molecule has 24 heavy (non-hydrogen) atoms. The molecular weight excluding hydrogens is 349 g/mol. The summed E-state index contributed by atoms with van der Waals surface area (Å²) in [6, 6.07) is 4.53. The average Bonchev–Trinajstić information content (AvgIpc) is 2.50. The lowest BCUT2D eigenvalue weighted by atomic mass is 10.1. The first kappa shape index (κ1) is 18.0. The maximum Gasteiger partial charge on any atom is 0.392 e. The number of alkyl halides is 3. The van der Waals surface area contributed by atoms with E-state index in [2.05, 4.69) is 14.7 Å². The van der Waals surface area contributed by atoms with Gasteiger partial charge in [0, 0.05) is 0 Å². The predicted octanol–water partition coefficient (Wildman–Crippen LogP) is 4.34. The highest BCUT2D eigenvalue weighted by molar-refractivity contribution is 6.30. The van der Waals surface area contributed by atoms with Gasteiger partial charge < -0.3 is 9.47 Å². The van der Waals surface area contributed by atoms with Crippen molar-refractivity contribution in [1.82, 2.24) is 9.97 Å². The number of halogens is 4. The monoisotopic (exact) mass is 360 g/mol. The Morgan fingerprint density at radius 1 is 1.25 bits per heavy atom. The number of hydrogen-bond acceptors (Lipinski definition) is 5. The fraction of sp³-hybridized carbons (Fsp3) is 0.267. The van der Waals surface area contributed by atoms with E-state index in [-0.39, 0.29) is 17.3 Å². The molecule has 0 aliphatic rings. The molecule has 0 saturated carbocycles. The van der Waals surface area contributed by atoms with Gasteiger partial charge in [-0.1, -0.05) is 17.7 Å². The van der Waals surface area contributed by atoms with Gasteiger partial charge in [0.05, 0.1) is 23.8 Å². The minimum absolute atomic E-state index is 0.0178. The summed E-state index contributed by atoms with van der Waals surface area (Å²) < 4.78 is 46.4. The summed E-state index contributed by atoms with van der Waals surface area (Å²) in [7, 11) is 0. The second-order valence-corrected chi connectivity index (χ2v) is 5.22. The molecule has 5 nitrogen and oxygen atoms in total. The summed E-state index contributed by atoms with van der Waals surface area (Å²) >= 11 is 5.66. The van der Waals surface area contributed by atoms with Crippen LogP contribution in [0.15, 0.2) is 30.6 Å². The number of rotatable bonds is 5. The standard InChI is InChI=1S/C15H12ClF3N2O3/c1-9-2-3-12(24-14-20-7-10(16)8-21-14)11(6-9)13(22)23-5-4-15(17,18)19/h2-3,6-8H,4-5H2,1H3. The van der Waals surface area contributed by atoms with Crippen molar-refractivity contribution in [3.8, 4) is 11.8 Å². The van der Waals surface area contributed by atoms with Gasteiger partial charge in [-0.05, 0) is 24.6 Å². The molecular formula is C15H12ClF3N2O3. The van der Waals surface area contributed by atoms with E-state index in [4.69, 9.17) is 16.3 Å². The zero-order valence-corrected chi connectivity index (χ0v) is 13.2. The first-order valence-electron chi connectivity index (χ1n) is 6.74. The SMILES string of the molecule is Cc1ccc(Oc2ncc(Cl)cn2)c(C(=O)OCCC(F)(F)F)c1.